The first-order valence-corrected chi connectivity index (χ1v) is 10.8. The Labute approximate surface area is 176 Å². The summed E-state index contributed by atoms with van der Waals surface area (Å²) in [5.41, 5.74) is 9.14. The lowest BCUT2D eigenvalue weighted by Crippen LogP contribution is -2.36. The number of nitrogens with two attached hydrogens (primary N) is 1. The van der Waals surface area contributed by atoms with Gasteiger partial charge < -0.3 is 21.3 Å². The first-order valence-electron chi connectivity index (χ1n) is 9.36. The third-order valence-electron chi connectivity index (χ3n) is 4.53. The van der Waals surface area contributed by atoms with Crippen LogP contribution in [-0.4, -0.2) is 34.2 Å². The van der Waals surface area contributed by atoms with E-state index in [0.29, 0.717) is 36.1 Å². The Hall–Kier alpha value is -2.70. The summed E-state index contributed by atoms with van der Waals surface area (Å²) < 4.78 is 0. The largest absolute Gasteiger partial charge is 0.508 e. The van der Waals surface area contributed by atoms with Gasteiger partial charge in [0.2, 0.25) is 5.91 Å². The van der Waals surface area contributed by atoms with E-state index in [2.05, 4.69) is 18.5 Å². The summed E-state index contributed by atoms with van der Waals surface area (Å²) in [5, 5.41) is 23.6. The Balaban J connectivity index is 2.45. The van der Waals surface area contributed by atoms with Crippen molar-refractivity contribution in [2.45, 2.75) is 25.3 Å². The fraction of sp³-hybridized carbons (Fsp3) is 0.261. The number of hydrogen-bond donors (Lipinski definition) is 4. The van der Waals surface area contributed by atoms with Crippen molar-refractivity contribution in [2.75, 3.05) is 17.3 Å². The molecule has 1 atom stereocenters. The van der Waals surface area contributed by atoms with Crippen molar-refractivity contribution in [3.8, 4) is 22.6 Å². The van der Waals surface area contributed by atoms with Crippen LogP contribution in [0.15, 0.2) is 55.6 Å². The number of amides is 1. The highest BCUT2D eigenvalue weighted by Crippen LogP contribution is 2.38. The fourth-order valence-corrected chi connectivity index (χ4v) is 3.46. The third kappa shape index (κ3) is 5.89. The van der Waals surface area contributed by atoms with Gasteiger partial charge in [0.25, 0.3) is 0 Å². The number of carbonyl (C=O) groups excluding carboxylic acids is 1. The number of nitrogens with one attached hydrogen (secondary N) is 1. The lowest BCUT2D eigenvalue weighted by molar-refractivity contribution is -0.117. The molecule has 1 unspecified atom stereocenters. The van der Waals surface area contributed by atoms with Crippen LogP contribution in [-0.2, 0) is 17.6 Å². The van der Waals surface area contributed by atoms with Crippen molar-refractivity contribution in [1.82, 2.24) is 0 Å². The molecule has 6 heteroatoms. The molecule has 0 aliphatic carbocycles. The molecule has 0 saturated heterocycles. The predicted octanol–water partition coefficient (Wildman–Crippen LogP) is 4.24. The van der Waals surface area contributed by atoms with Gasteiger partial charge in [0.1, 0.15) is 11.5 Å². The Kier molecular flexibility index (Phi) is 8.36. The van der Waals surface area contributed by atoms with Gasteiger partial charge in [0.05, 0.1) is 11.7 Å². The number of aromatic hydroxyl groups is 2. The molecule has 2 rings (SSSR count). The summed E-state index contributed by atoms with van der Waals surface area (Å²) in [6.07, 6.45) is 7.04. The normalized spacial score (nSPS) is 11.7. The van der Waals surface area contributed by atoms with E-state index in [1.807, 2.05) is 12.3 Å². The predicted molar refractivity (Wildman–Crippen MR) is 123 cm³/mol. The Morgan fingerprint density at radius 2 is 1.93 bits per heavy atom. The molecule has 0 spiro atoms. The van der Waals surface area contributed by atoms with Gasteiger partial charge in [-0.3, -0.25) is 4.79 Å². The molecule has 154 valence electrons. The Morgan fingerprint density at radius 3 is 2.59 bits per heavy atom. The number of rotatable bonds is 10. The third-order valence-corrected chi connectivity index (χ3v) is 5.18. The zero-order valence-corrected chi connectivity index (χ0v) is 17.5. The van der Waals surface area contributed by atoms with Crippen molar-refractivity contribution in [3.05, 3.63) is 66.8 Å². The molecular formula is C23H28N2O3S. The van der Waals surface area contributed by atoms with Crippen LogP contribution in [0.4, 0.5) is 5.69 Å². The van der Waals surface area contributed by atoms with Gasteiger partial charge in [-0.25, -0.2) is 0 Å². The zero-order valence-electron chi connectivity index (χ0n) is 16.6. The number of benzene rings is 2. The molecule has 0 heterocycles. The second-order valence-corrected chi connectivity index (χ2v) is 7.73. The molecule has 0 fully saturated rings. The van der Waals surface area contributed by atoms with Crippen LogP contribution >= 0.6 is 11.8 Å². The number of phenolic OH excluding ortho intramolecular Hbond substituents is 2. The summed E-state index contributed by atoms with van der Waals surface area (Å²) >= 11 is 1.62. The number of thioether (sulfide) groups is 1. The lowest BCUT2D eigenvalue weighted by Gasteiger charge is -2.17. The van der Waals surface area contributed by atoms with Gasteiger partial charge in [-0.05, 0) is 72.2 Å². The van der Waals surface area contributed by atoms with E-state index in [1.54, 1.807) is 48.2 Å². The molecule has 29 heavy (non-hydrogen) atoms. The SMILES string of the molecule is C=CCc1cc(NC(=O)C(N)CCSC)c(O)c(-c2ccc(O)c(CC=C)c2)c1. The van der Waals surface area contributed by atoms with Gasteiger partial charge in [-0.1, -0.05) is 18.2 Å². The highest BCUT2D eigenvalue weighted by atomic mass is 32.2. The van der Waals surface area contributed by atoms with Gasteiger partial charge in [-0.15, -0.1) is 13.2 Å². The van der Waals surface area contributed by atoms with Gasteiger partial charge >= 0.3 is 0 Å². The minimum absolute atomic E-state index is 0.0431. The van der Waals surface area contributed by atoms with Crippen LogP contribution < -0.4 is 11.1 Å². The summed E-state index contributed by atoms with van der Waals surface area (Å²) in [5.74, 6) is 0.568. The summed E-state index contributed by atoms with van der Waals surface area (Å²) in [7, 11) is 0. The minimum Gasteiger partial charge on any atom is -0.508 e. The van der Waals surface area contributed by atoms with E-state index in [0.717, 1.165) is 16.9 Å². The molecule has 5 N–H and O–H groups in total. The summed E-state index contributed by atoms with van der Waals surface area (Å²) in [4.78, 5) is 12.5. The van der Waals surface area contributed by atoms with Crippen molar-refractivity contribution in [3.63, 3.8) is 0 Å². The van der Waals surface area contributed by atoms with Crippen molar-refractivity contribution in [1.29, 1.82) is 0 Å². The van der Waals surface area contributed by atoms with E-state index in [1.165, 1.54) is 0 Å². The smallest absolute Gasteiger partial charge is 0.241 e. The first-order chi connectivity index (χ1) is 13.9. The Morgan fingerprint density at radius 1 is 1.21 bits per heavy atom. The van der Waals surface area contributed by atoms with Crippen LogP contribution in [0.5, 0.6) is 11.5 Å². The molecule has 5 nitrogen and oxygen atoms in total. The van der Waals surface area contributed by atoms with E-state index < -0.39 is 6.04 Å². The lowest BCUT2D eigenvalue weighted by atomic mass is 9.96. The van der Waals surface area contributed by atoms with E-state index >= 15 is 0 Å². The standard InChI is InChI=1S/C23H28N2O3S/c1-4-6-15-12-18(16-8-9-21(26)17(14-16)7-5-2)22(27)20(13-15)25-23(28)19(24)10-11-29-3/h4-5,8-9,12-14,19,26-27H,1-2,6-7,10-11,24H2,3H3,(H,25,28). The quantitative estimate of drug-likeness (QED) is 0.346. The van der Waals surface area contributed by atoms with E-state index in [4.69, 9.17) is 5.73 Å². The van der Waals surface area contributed by atoms with Crippen LogP contribution in [0.2, 0.25) is 0 Å². The van der Waals surface area contributed by atoms with Crippen molar-refractivity contribution in [2.24, 2.45) is 5.73 Å². The average molecular weight is 413 g/mol. The van der Waals surface area contributed by atoms with Crippen molar-refractivity contribution >= 4 is 23.4 Å². The molecule has 0 aliphatic rings. The summed E-state index contributed by atoms with van der Waals surface area (Å²) in [6.45, 7) is 7.47. The van der Waals surface area contributed by atoms with Gasteiger partial charge in [0.15, 0.2) is 0 Å². The average Bonchev–Trinajstić information content (AvgIpc) is 2.70. The second-order valence-electron chi connectivity index (χ2n) is 6.75. The molecule has 2 aromatic carbocycles. The maximum atomic E-state index is 12.5. The van der Waals surface area contributed by atoms with Crippen molar-refractivity contribution < 1.29 is 15.0 Å². The molecule has 0 bridgehead atoms. The molecule has 0 saturated carbocycles. The first kappa shape index (κ1) is 22.6. The number of anilines is 1. The number of carbonyl (C=O) groups is 1. The number of hydrogen-bond acceptors (Lipinski definition) is 5. The maximum absolute atomic E-state index is 12.5. The monoisotopic (exact) mass is 412 g/mol. The van der Waals surface area contributed by atoms with Crippen LogP contribution in [0.3, 0.4) is 0 Å². The zero-order chi connectivity index (χ0) is 21.4. The Bertz CT molecular complexity index is 896. The highest BCUT2D eigenvalue weighted by molar-refractivity contribution is 7.98. The molecule has 1 amide bonds. The molecule has 0 radical (unpaired) electrons. The van der Waals surface area contributed by atoms with Crippen LogP contribution in [0.1, 0.15) is 17.5 Å². The maximum Gasteiger partial charge on any atom is 0.241 e. The number of phenols is 2. The minimum atomic E-state index is -0.652. The van der Waals surface area contributed by atoms with E-state index in [9.17, 15) is 15.0 Å². The molecule has 2 aromatic rings. The fourth-order valence-electron chi connectivity index (χ4n) is 2.97. The van der Waals surface area contributed by atoms with Crippen LogP contribution in [0.25, 0.3) is 11.1 Å². The molecule has 0 aromatic heterocycles. The molecule has 0 aliphatic heterocycles. The molecular weight excluding hydrogens is 384 g/mol. The summed E-state index contributed by atoms with van der Waals surface area (Å²) in [6, 6.07) is 8.05. The van der Waals surface area contributed by atoms with Gasteiger partial charge in [-0.2, -0.15) is 11.8 Å². The van der Waals surface area contributed by atoms with Gasteiger partial charge in [0, 0.05) is 5.56 Å². The number of allylic oxidation sites excluding steroid dienone is 2. The second kappa shape index (κ2) is 10.7. The highest BCUT2D eigenvalue weighted by Gasteiger charge is 2.18. The van der Waals surface area contributed by atoms with E-state index in [-0.39, 0.29) is 17.4 Å². The van der Waals surface area contributed by atoms with Crippen LogP contribution in [0, 0.1) is 0 Å². The topological polar surface area (TPSA) is 95.6 Å².